The van der Waals surface area contributed by atoms with Crippen LogP contribution in [0.15, 0.2) is 22.7 Å². The summed E-state index contributed by atoms with van der Waals surface area (Å²) in [5.41, 5.74) is 0. The summed E-state index contributed by atoms with van der Waals surface area (Å²) < 4.78 is 5.17. The average molecular weight is 326 g/mol. The summed E-state index contributed by atoms with van der Waals surface area (Å²) in [4.78, 5) is 34.1. The van der Waals surface area contributed by atoms with Gasteiger partial charge in [0.25, 0.3) is 5.91 Å². The zero-order valence-electron chi connectivity index (χ0n) is 11.5. The monoisotopic (exact) mass is 326 g/mol. The third-order valence-electron chi connectivity index (χ3n) is 3.37. The summed E-state index contributed by atoms with van der Waals surface area (Å²) in [5, 5.41) is 25.6. The number of amides is 1. The molecule has 118 valence electrons. The van der Waals surface area contributed by atoms with E-state index in [1.807, 2.05) is 0 Å². The van der Waals surface area contributed by atoms with E-state index in [4.69, 9.17) is 9.76 Å². The Labute approximate surface area is 130 Å². The fourth-order valence-electron chi connectivity index (χ4n) is 2.29. The molecule has 1 aromatic rings. The maximum atomic E-state index is 12.1. The normalized spacial score (nSPS) is 22.9. The van der Waals surface area contributed by atoms with Crippen LogP contribution in [0.1, 0.15) is 30.2 Å². The molecule has 0 saturated carbocycles. The lowest BCUT2D eigenvalue weighted by Gasteiger charge is -2.31. The molecule has 0 aromatic carbocycles. The fourth-order valence-corrected chi connectivity index (χ4v) is 3.04. The third kappa shape index (κ3) is 4.12. The number of carboxylic acids is 1. The number of aliphatic carboxylic acids is 1. The zero-order valence-corrected chi connectivity index (χ0v) is 12.4. The molecule has 1 saturated heterocycles. The summed E-state index contributed by atoms with van der Waals surface area (Å²) in [5.74, 6) is -2.31. The largest absolute Gasteiger partial charge is 0.481 e. The van der Waals surface area contributed by atoms with Crippen LogP contribution < -0.4 is 5.32 Å². The molecular formula is C12H15BN2O6S. The number of hydrogen-bond donors (Lipinski definition) is 3. The average Bonchev–Trinajstić information content (AvgIpc) is 2.96. The van der Waals surface area contributed by atoms with Gasteiger partial charge in [0, 0.05) is 4.88 Å². The van der Waals surface area contributed by atoms with Crippen molar-refractivity contribution in [1.82, 2.24) is 5.32 Å². The molecule has 22 heavy (non-hydrogen) atoms. The molecule has 8 nitrogen and oxygen atoms in total. The molecule has 1 amide bonds. The van der Waals surface area contributed by atoms with Crippen LogP contribution in [0.4, 0.5) is 0 Å². The quantitative estimate of drug-likeness (QED) is 0.522. The van der Waals surface area contributed by atoms with Crippen LogP contribution >= 0.6 is 11.3 Å². The number of nitroso groups, excluding NO2 is 1. The minimum absolute atomic E-state index is 0.203. The predicted octanol–water partition coefficient (Wildman–Crippen LogP) is 0.714. The van der Waals surface area contributed by atoms with E-state index in [9.17, 15) is 19.5 Å². The molecule has 1 aromatic heterocycles. The maximum absolute atomic E-state index is 12.1. The number of carbonyl (C=O) groups excluding carboxylic acids is 1. The molecule has 0 bridgehead atoms. The van der Waals surface area contributed by atoms with Gasteiger partial charge in [0.1, 0.15) is 0 Å². The van der Waals surface area contributed by atoms with Gasteiger partial charge in [-0.15, -0.1) is 16.2 Å². The van der Waals surface area contributed by atoms with E-state index in [0.717, 1.165) is 0 Å². The Hall–Kier alpha value is -1.78. The molecule has 2 rings (SSSR count). The molecule has 2 heterocycles. The van der Waals surface area contributed by atoms with Crippen LogP contribution in [0.5, 0.6) is 0 Å². The number of thiophene rings is 1. The lowest BCUT2D eigenvalue weighted by molar-refractivity contribution is -0.139. The van der Waals surface area contributed by atoms with E-state index in [2.05, 4.69) is 10.5 Å². The molecule has 1 fully saturated rings. The summed E-state index contributed by atoms with van der Waals surface area (Å²) >= 11 is 1.24. The second kappa shape index (κ2) is 7.48. The molecule has 0 radical (unpaired) electrons. The van der Waals surface area contributed by atoms with Gasteiger partial charge in [-0.05, 0) is 24.3 Å². The standard InChI is InChI=1S/C12H15BN2O6S/c16-10(17)6-7-3-4-9(13(19)21-7)14-12(18)11(15-20)8-2-1-5-22-8/h1-2,5,7,9,11,19H,3-4,6H2,(H,14,18)(H,16,17)/t7-,9-,11?/m0/s1. The van der Waals surface area contributed by atoms with Gasteiger partial charge in [-0.25, -0.2) is 0 Å². The lowest BCUT2D eigenvalue weighted by atomic mass is 9.72. The third-order valence-corrected chi connectivity index (χ3v) is 4.30. The van der Waals surface area contributed by atoms with Gasteiger partial charge in [-0.1, -0.05) is 11.2 Å². The Morgan fingerprint density at radius 2 is 2.32 bits per heavy atom. The maximum Gasteiger partial charge on any atom is 0.478 e. The zero-order chi connectivity index (χ0) is 16.1. The van der Waals surface area contributed by atoms with Crippen LogP contribution in [0.25, 0.3) is 0 Å². The SMILES string of the molecule is O=NC(C(=O)N[C@H]1CC[C@@H](CC(=O)O)OB1O)c1cccs1. The number of carboxylic acid groups (broad SMARTS) is 1. The fraction of sp³-hybridized carbons (Fsp3) is 0.500. The van der Waals surface area contributed by atoms with Crippen LogP contribution in [-0.2, 0) is 14.2 Å². The molecule has 0 aliphatic carbocycles. The van der Waals surface area contributed by atoms with Crippen molar-refractivity contribution in [3.63, 3.8) is 0 Å². The first-order valence-corrected chi connectivity index (χ1v) is 7.60. The minimum atomic E-state index is -1.31. The highest BCUT2D eigenvalue weighted by atomic mass is 32.1. The number of rotatable bonds is 6. The van der Waals surface area contributed by atoms with Gasteiger partial charge >= 0.3 is 13.1 Å². The van der Waals surface area contributed by atoms with Crippen molar-refractivity contribution < 1.29 is 24.4 Å². The Morgan fingerprint density at radius 3 is 2.86 bits per heavy atom. The smallest absolute Gasteiger partial charge is 0.478 e. The number of nitrogens with one attached hydrogen (secondary N) is 1. The molecule has 1 aliphatic rings. The van der Waals surface area contributed by atoms with Gasteiger partial charge in [0.15, 0.2) is 0 Å². The van der Waals surface area contributed by atoms with Crippen molar-refractivity contribution in [3.8, 4) is 0 Å². The van der Waals surface area contributed by atoms with E-state index in [0.29, 0.717) is 17.7 Å². The van der Waals surface area contributed by atoms with Crippen LogP contribution in [0.3, 0.4) is 0 Å². The van der Waals surface area contributed by atoms with Gasteiger partial charge in [0.2, 0.25) is 6.04 Å². The highest BCUT2D eigenvalue weighted by Crippen LogP contribution is 2.24. The van der Waals surface area contributed by atoms with Gasteiger partial charge < -0.3 is 20.1 Å². The topological polar surface area (TPSA) is 125 Å². The van der Waals surface area contributed by atoms with Gasteiger partial charge in [-0.3, -0.25) is 9.59 Å². The summed E-state index contributed by atoms with van der Waals surface area (Å²) in [6.07, 6.45) is -0.0309. The highest BCUT2D eigenvalue weighted by Gasteiger charge is 2.38. The molecule has 3 atom stereocenters. The van der Waals surface area contributed by atoms with Crippen molar-refractivity contribution in [3.05, 3.63) is 27.3 Å². The summed E-state index contributed by atoms with van der Waals surface area (Å²) in [6, 6.07) is 2.18. The van der Waals surface area contributed by atoms with Crippen LogP contribution in [0.2, 0.25) is 0 Å². The summed E-state index contributed by atoms with van der Waals surface area (Å²) in [7, 11) is -1.31. The van der Waals surface area contributed by atoms with E-state index in [1.165, 1.54) is 11.3 Å². The first-order valence-electron chi connectivity index (χ1n) is 6.73. The Balaban J connectivity index is 1.92. The van der Waals surface area contributed by atoms with E-state index < -0.39 is 37.1 Å². The molecule has 0 spiro atoms. The van der Waals surface area contributed by atoms with Crippen LogP contribution in [-0.4, -0.2) is 41.2 Å². The summed E-state index contributed by atoms with van der Waals surface area (Å²) in [6.45, 7) is 0. The molecule has 1 aliphatic heterocycles. The molecule has 10 heteroatoms. The van der Waals surface area contributed by atoms with Gasteiger partial charge in [-0.2, -0.15) is 0 Å². The molecule has 1 unspecified atom stereocenters. The van der Waals surface area contributed by atoms with Crippen molar-refractivity contribution in [2.24, 2.45) is 5.18 Å². The first-order chi connectivity index (χ1) is 10.5. The number of nitrogens with zero attached hydrogens (tertiary/aromatic N) is 1. The highest BCUT2D eigenvalue weighted by molar-refractivity contribution is 7.10. The van der Waals surface area contributed by atoms with Crippen molar-refractivity contribution in [1.29, 1.82) is 0 Å². The second-order valence-electron chi connectivity index (χ2n) is 4.96. The van der Waals surface area contributed by atoms with Crippen LogP contribution in [0, 0.1) is 4.91 Å². The van der Waals surface area contributed by atoms with Crippen molar-refractivity contribution in [2.45, 2.75) is 37.3 Å². The number of hydrogen-bond acceptors (Lipinski definition) is 7. The van der Waals surface area contributed by atoms with E-state index in [-0.39, 0.29) is 6.42 Å². The lowest BCUT2D eigenvalue weighted by Crippen LogP contribution is -2.53. The van der Waals surface area contributed by atoms with E-state index in [1.54, 1.807) is 17.5 Å². The predicted molar refractivity (Wildman–Crippen MR) is 79.1 cm³/mol. The molecule has 3 N–H and O–H groups in total. The van der Waals surface area contributed by atoms with Crippen molar-refractivity contribution >= 4 is 30.3 Å². The Kier molecular flexibility index (Phi) is 5.64. The van der Waals surface area contributed by atoms with E-state index >= 15 is 0 Å². The first kappa shape index (κ1) is 16.6. The van der Waals surface area contributed by atoms with Gasteiger partial charge in [0.05, 0.1) is 18.5 Å². The number of carbonyl (C=O) groups is 2. The Bertz CT molecular complexity index is 540. The second-order valence-corrected chi connectivity index (χ2v) is 5.94. The minimum Gasteiger partial charge on any atom is -0.481 e. The molecular weight excluding hydrogens is 311 g/mol. The Morgan fingerprint density at radius 1 is 1.55 bits per heavy atom. The van der Waals surface area contributed by atoms with Crippen molar-refractivity contribution in [2.75, 3.05) is 0 Å².